The van der Waals surface area contributed by atoms with Gasteiger partial charge < -0.3 is 10.6 Å². The van der Waals surface area contributed by atoms with Crippen LogP contribution >= 0.6 is 11.6 Å². The molecule has 21 heavy (non-hydrogen) atoms. The van der Waals surface area contributed by atoms with Crippen molar-refractivity contribution in [2.75, 3.05) is 5.32 Å². The monoisotopic (exact) mass is 300 g/mol. The van der Waals surface area contributed by atoms with Crippen molar-refractivity contribution < 1.29 is 4.79 Å². The second kappa shape index (κ2) is 6.95. The van der Waals surface area contributed by atoms with E-state index in [9.17, 15) is 4.79 Å². The fraction of sp³-hybridized carbons (Fsp3) is 0.118. The van der Waals surface area contributed by atoms with E-state index in [-0.39, 0.29) is 6.03 Å². The highest BCUT2D eigenvalue weighted by molar-refractivity contribution is 6.30. The number of nitrogens with one attached hydrogen (secondary N) is 2. The van der Waals surface area contributed by atoms with Gasteiger partial charge in [0.25, 0.3) is 0 Å². The van der Waals surface area contributed by atoms with Gasteiger partial charge in [-0.25, -0.2) is 4.79 Å². The van der Waals surface area contributed by atoms with E-state index in [1.165, 1.54) is 0 Å². The van der Waals surface area contributed by atoms with Crippen LogP contribution in [-0.2, 0) is 0 Å². The second-order valence-corrected chi connectivity index (χ2v) is 5.19. The number of para-hydroxylation sites is 1. The summed E-state index contributed by atoms with van der Waals surface area (Å²) in [5, 5.41) is 6.19. The van der Waals surface area contributed by atoms with Crippen LogP contribution in [0.15, 0.2) is 48.7 Å². The SMILES string of the molecule is Cc1cccc(C)c1NC(=O)N/C=C/c1cccc(Cl)c1. The number of rotatable bonds is 3. The molecule has 4 heteroatoms. The van der Waals surface area contributed by atoms with Crippen molar-refractivity contribution in [3.05, 3.63) is 70.4 Å². The van der Waals surface area contributed by atoms with E-state index < -0.39 is 0 Å². The molecule has 2 aromatic rings. The first-order chi connectivity index (χ1) is 10.1. The summed E-state index contributed by atoms with van der Waals surface area (Å²) in [4.78, 5) is 11.9. The van der Waals surface area contributed by atoms with Crippen molar-refractivity contribution in [3.63, 3.8) is 0 Å². The first kappa shape index (κ1) is 15.1. The lowest BCUT2D eigenvalue weighted by molar-refractivity contribution is 0.255. The van der Waals surface area contributed by atoms with Crippen molar-refractivity contribution in [1.29, 1.82) is 0 Å². The Morgan fingerprint density at radius 2 is 1.76 bits per heavy atom. The lowest BCUT2D eigenvalue weighted by atomic mass is 10.1. The Labute approximate surface area is 129 Å². The molecule has 0 fully saturated rings. The lowest BCUT2D eigenvalue weighted by Gasteiger charge is -2.10. The summed E-state index contributed by atoms with van der Waals surface area (Å²) in [5.74, 6) is 0. The molecule has 2 rings (SSSR count). The topological polar surface area (TPSA) is 41.1 Å². The molecule has 0 aromatic heterocycles. The maximum atomic E-state index is 11.9. The van der Waals surface area contributed by atoms with Crippen LogP contribution in [0.2, 0.25) is 5.02 Å². The Morgan fingerprint density at radius 3 is 2.43 bits per heavy atom. The summed E-state index contributed by atoms with van der Waals surface area (Å²) in [6, 6.07) is 13.0. The third kappa shape index (κ3) is 4.36. The highest BCUT2D eigenvalue weighted by atomic mass is 35.5. The van der Waals surface area contributed by atoms with Crippen LogP contribution in [0.25, 0.3) is 6.08 Å². The van der Waals surface area contributed by atoms with Crippen LogP contribution in [0.4, 0.5) is 10.5 Å². The fourth-order valence-electron chi connectivity index (χ4n) is 1.99. The normalized spacial score (nSPS) is 10.6. The Morgan fingerprint density at radius 1 is 1.10 bits per heavy atom. The largest absolute Gasteiger partial charge is 0.323 e. The van der Waals surface area contributed by atoms with Crippen LogP contribution in [0.1, 0.15) is 16.7 Å². The number of benzene rings is 2. The molecule has 2 amide bonds. The molecule has 0 radical (unpaired) electrons. The van der Waals surface area contributed by atoms with Crippen LogP contribution < -0.4 is 10.6 Å². The molecule has 0 atom stereocenters. The highest BCUT2D eigenvalue weighted by Gasteiger charge is 2.05. The molecular formula is C17H17ClN2O. The maximum absolute atomic E-state index is 11.9. The molecule has 108 valence electrons. The predicted molar refractivity (Wildman–Crippen MR) is 88.6 cm³/mol. The fourth-order valence-corrected chi connectivity index (χ4v) is 2.18. The van der Waals surface area contributed by atoms with Gasteiger partial charge in [-0.1, -0.05) is 41.9 Å². The summed E-state index contributed by atoms with van der Waals surface area (Å²) in [5.41, 5.74) is 3.83. The lowest BCUT2D eigenvalue weighted by Crippen LogP contribution is -2.24. The molecule has 2 N–H and O–H groups in total. The average molecular weight is 301 g/mol. The van der Waals surface area contributed by atoms with Crippen molar-refractivity contribution in [1.82, 2.24) is 5.32 Å². The van der Waals surface area contributed by atoms with Crippen LogP contribution in [0, 0.1) is 13.8 Å². The number of carbonyl (C=O) groups is 1. The van der Waals surface area contributed by atoms with Gasteiger partial charge in [-0.15, -0.1) is 0 Å². The molecule has 0 aliphatic carbocycles. The molecule has 3 nitrogen and oxygen atoms in total. The molecule has 2 aromatic carbocycles. The van der Waals surface area contributed by atoms with Gasteiger partial charge in [0.05, 0.1) is 0 Å². The van der Waals surface area contributed by atoms with Gasteiger partial charge in [0.2, 0.25) is 0 Å². The van der Waals surface area contributed by atoms with Gasteiger partial charge >= 0.3 is 6.03 Å². The number of hydrogen-bond donors (Lipinski definition) is 2. The Balaban J connectivity index is 1.96. The molecule has 0 aliphatic rings. The van der Waals surface area contributed by atoms with Crippen LogP contribution in [0.3, 0.4) is 0 Å². The summed E-state index contributed by atoms with van der Waals surface area (Å²) >= 11 is 5.89. The van der Waals surface area contributed by atoms with Crippen molar-refractivity contribution >= 4 is 29.4 Å². The van der Waals surface area contributed by atoms with E-state index in [4.69, 9.17) is 11.6 Å². The number of amides is 2. The van der Waals surface area contributed by atoms with Gasteiger partial charge in [0.1, 0.15) is 0 Å². The van der Waals surface area contributed by atoms with Gasteiger partial charge in [-0.2, -0.15) is 0 Å². The summed E-state index contributed by atoms with van der Waals surface area (Å²) < 4.78 is 0. The first-order valence-electron chi connectivity index (χ1n) is 6.62. The molecule has 0 saturated heterocycles. The van der Waals surface area contributed by atoms with E-state index >= 15 is 0 Å². The van der Waals surface area contributed by atoms with Crippen molar-refractivity contribution in [3.8, 4) is 0 Å². The number of halogens is 1. The van der Waals surface area contributed by atoms with Gasteiger partial charge in [-0.05, 0) is 48.7 Å². The highest BCUT2D eigenvalue weighted by Crippen LogP contribution is 2.19. The minimum Gasteiger partial charge on any atom is -0.314 e. The Hall–Kier alpha value is -2.26. The quantitative estimate of drug-likeness (QED) is 0.844. The minimum atomic E-state index is -0.273. The summed E-state index contributed by atoms with van der Waals surface area (Å²) in [6.45, 7) is 3.93. The minimum absolute atomic E-state index is 0.273. The number of aryl methyl sites for hydroxylation is 2. The molecule has 0 saturated carbocycles. The van der Waals surface area contributed by atoms with Gasteiger partial charge in [0, 0.05) is 16.9 Å². The third-order valence-electron chi connectivity index (χ3n) is 3.06. The van der Waals surface area contributed by atoms with Crippen LogP contribution in [0.5, 0.6) is 0 Å². The number of urea groups is 1. The van der Waals surface area contributed by atoms with E-state index in [1.807, 2.05) is 50.2 Å². The predicted octanol–water partition coefficient (Wildman–Crippen LogP) is 4.75. The zero-order valence-corrected chi connectivity index (χ0v) is 12.7. The number of anilines is 1. The second-order valence-electron chi connectivity index (χ2n) is 4.75. The molecule has 0 unspecified atom stereocenters. The molecule has 0 aliphatic heterocycles. The van der Waals surface area contributed by atoms with Crippen molar-refractivity contribution in [2.45, 2.75) is 13.8 Å². The summed E-state index contributed by atoms with van der Waals surface area (Å²) in [7, 11) is 0. The Kier molecular flexibility index (Phi) is 5.01. The first-order valence-corrected chi connectivity index (χ1v) is 7.00. The molecular weight excluding hydrogens is 284 g/mol. The molecule has 0 spiro atoms. The van der Waals surface area contributed by atoms with E-state index in [1.54, 1.807) is 18.3 Å². The molecule has 0 heterocycles. The standard InChI is InChI=1S/C17H17ClN2O/c1-12-5-3-6-13(2)16(12)20-17(21)19-10-9-14-7-4-8-15(18)11-14/h3-11H,1-2H3,(H2,19,20,21)/b10-9+. The summed E-state index contributed by atoms with van der Waals surface area (Å²) in [6.07, 6.45) is 3.38. The van der Waals surface area contributed by atoms with E-state index in [2.05, 4.69) is 10.6 Å². The number of carbonyl (C=O) groups excluding carboxylic acids is 1. The molecule has 0 bridgehead atoms. The maximum Gasteiger partial charge on any atom is 0.323 e. The smallest absolute Gasteiger partial charge is 0.314 e. The average Bonchev–Trinajstić information content (AvgIpc) is 2.43. The zero-order valence-electron chi connectivity index (χ0n) is 12.0. The van der Waals surface area contributed by atoms with Crippen molar-refractivity contribution in [2.24, 2.45) is 0 Å². The van der Waals surface area contributed by atoms with Crippen LogP contribution in [-0.4, -0.2) is 6.03 Å². The third-order valence-corrected chi connectivity index (χ3v) is 3.29. The van der Waals surface area contributed by atoms with E-state index in [0.29, 0.717) is 5.02 Å². The van der Waals surface area contributed by atoms with Gasteiger partial charge in [0.15, 0.2) is 0 Å². The van der Waals surface area contributed by atoms with Gasteiger partial charge in [-0.3, -0.25) is 0 Å². The Bertz CT molecular complexity index is 660. The number of hydrogen-bond acceptors (Lipinski definition) is 1. The zero-order chi connectivity index (χ0) is 15.2. The van der Waals surface area contributed by atoms with E-state index in [0.717, 1.165) is 22.4 Å².